The standard InChI is InChI=1S/C17H17NOS/c1-11-10-18-14-7-4-3-6-13(14)12(2)16(18)17(19-11)15-8-5-9-20-15/h3-9,11,17H,10H2,1-2H3/t11-,17-/m0/s1. The molecule has 0 saturated carbocycles. The highest BCUT2D eigenvalue weighted by molar-refractivity contribution is 7.10. The zero-order valence-electron chi connectivity index (χ0n) is 11.7. The fourth-order valence-electron chi connectivity index (χ4n) is 3.27. The van der Waals surface area contributed by atoms with Gasteiger partial charge in [0.1, 0.15) is 6.10 Å². The average Bonchev–Trinajstić information content (AvgIpc) is 3.07. The summed E-state index contributed by atoms with van der Waals surface area (Å²) in [6.07, 6.45) is 0.316. The smallest absolute Gasteiger partial charge is 0.132 e. The molecule has 0 radical (unpaired) electrons. The minimum atomic E-state index is 0.0751. The molecule has 0 fully saturated rings. The van der Waals surface area contributed by atoms with Crippen LogP contribution in [0.4, 0.5) is 0 Å². The van der Waals surface area contributed by atoms with Crippen molar-refractivity contribution in [1.82, 2.24) is 4.57 Å². The minimum Gasteiger partial charge on any atom is -0.362 e. The minimum absolute atomic E-state index is 0.0751. The molecule has 3 aromatic rings. The third-order valence-corrected chi connectivity index (χ3v) is 5.05. The van der Waals surface area contributed by atoms with E-state index < -0.39 is 0 Å². The summed E-state index contributed by atoms with van der Waals surface area (Å²) in [7, 11) is 0. The molecule has 20 heavy (non-hydrogen) atoms. The molecule has 1 aliphatic heterocycles. The Balaban J connectivity index is 2.01. The van der Waals surface area contributed by atoms with Gasteiger partial charge in [-0.15, -0.1) is 11.3 Å². The number of rotatable bonds is 1. The molecule has 0 amide bonds. The summed E-state index contributed by atoms with van der Waals surface area (Å²) in [5.74, 6) is 0. The number of hydrogen-bond acceptors (Lipinski definition) is 2. The summed E-state index contributed by atoms with van der Waals surface area (Å²) >= 11 is 1.78. The van der Waals surface area contributed by atoms with Crippen molar-refractivity contribution in [3.63, 3.8) is 0 Å². The summed E-state index contributed by atoms with van der Waals surface area (Å²) < 4.78 is 8.70. The SMILES string of the molecule is Cc1c2n(c3ccccc13)C[C@H](C)O[C@H]2c1cccs1. The van der Waals surface area contributed by atoms with Crippen molar-refractivity contribution in [2.45, 2.75) is 32.6 Å². The normalized spacial score (nSPS) is 22.1. The molecule has 4 rings (SSSR count). The highest BCUT2D eigenvalue weighted by atomic mass is 32.1. The van der Waals surface area contributed by atoms with Crippen LogP contribution < -0.4 is 0 Å². The van der Waals surface area contributed by atoms with Crippen LogP contribution >= 0.6 is 11.3 Å². The number of aromatic nitrogens is 1. The first kappa shape index (κ1) is 12.2. The molecule has 0 unspecified atom stereocenters. The Morgan fingerprint density at radius 1 is 1.20 bits per heavy atom. The third kappa shape index (κ3) is 1.67. The third-order valence-electron chi connectivity index (χ3n) is 4.13. The molecular weight excluding hydrogens is 266 g/mol. The van der Waals surface area contributed by atoms with Crippen LogP contribution in [-0.2, 0) is 11.3 Å². The van der Waals surface area contributed by atoms with Crippen LogP contribution in [0.15, 0.2) is 41.8 Å². The van der Waals surface area contributed by atoms with Gasteiger partial charge in [-0.05, 0) is 36.9 Å². The van der Waals surface area contributed by atoms with Gasteiger partial charge in [0, 0.05) is 22.3 Å². The second-order valence-corrected chi connectivity index (χ2v) is 6.46. The fraction of sp³-hybridized carbons (Fsp3) is 0.294. The number of benzene rings is 1. The molecule has 102 valence electrons. The maximum absolute atomic E-state index is 6.26. The van der Waals surface area contributed by atoms with E-state index in [-0.39, 0.29) is 12.2 Å². The molecule has 2 atom stereocenters. The number of para-hydroxylation sites is 1. The number of aryl methyl sites for hydroxylation is 1. The van der Waals surface area contributed by atoms with E-state index in [4.69, 9.17) is 4.74 Å². The Morgan fingerprint density at radius 2 is 2.05 bits per heavy atom. The monoisotopic (exact) mass is 283 g/mol. The largest absolute Gasteiger partial charge is 0.362 e. The van der Waals surface area contributed by atoms with E-state index in [0.717, 1.165) is 6.54 Å². The summed E-state index contributed by atoms with van der Waals surface area (Å²) in [5, 5.41) is 3.47. The van der Waals surface area contributed by atoms with Gasteiger partial charge in [0.05, 0.1) is 11.8 Å². The molecule has 0 bridgehead atoms. The molecule has 0 N–H and O–H groups in total. The lowest BCUT2D eigenvalue weighted by Crippen LogP contribution is -2.28. The first-order chi connectivity index (χ1) is 9.75. The Kier molecular flexibility index (Phi) is 2.72. The van der Waals surface area contributed by atoms with Crippen LogP contribution in [0.5, 0.6) is 0 Å². The predicted octanol–water partition coefficient (Wildman–Crippen LogP) is 4.52. The fourth-order valence-corrected chi connectivity index (χ4v) is 4.03. The first-order valence-electron chi connectivity index (χ1n) is 7.02. The summed E-state index contributed by atoms with van der Waals surface area (Å²) in [4.78, 5) is 1.30. The van der Waals surface area contributed by atoms with Crippen molar-refractivity contribution >= 4 is 22.2 Å². The Bertz CT molecular complexity index is 757. The van der Waals surface area contributed by atoms with Crippen molar-refractivity contribution in [2.75, 3.05) is 0 Å². The van der Waals surface area contributed by atoms with Crippen LogP contribution in [0.2, 0.25) is 0 Å². The van der Waals surface area contributed by atoms with Gasteiger partial charge in [-0.25, -0.2) is 0 Å². The zero-order chi connectivity index (χ0) is 13.7. The van der Waals surface area contributed by atoms with Crippen LogP contribution in [0.1, 0.15) is 29.2 Å². The molecule has 1 aromatic carbocycles. The second kappa shape index (κ2) is 4.47. The van der Waals surface area contributed by atoms with E-state index in [1.165, 1.54) is 27.0 Å². The lowest BCUT2D eigenvalue weighted by Gasteiger charge is -2.30. The van der Waals surface area contributed by atoms with Gasteiger partial charge in [-0.3, -0.25) is 0 Å². The Morgan fingerprint density at radius 3 is 2.85 bits per heavy atom. The van der Waals surface area contributed by atoms with Gasteiger partial charge >= 0.3 is 0 Å². The lowest BCUT2D eigenvalue weighted by molar-refractivity contribution is -0.0128. The molecule has 0 spiro atoms. The van der Waals surface area contributed by atoms with E-state index in [2.05, 4.69) is 60.2 Å². The Hall–Kier alpha value is -1.58. The zero-order valence-corrected chi connectivity index (χ0v) is 12.5. The Labute approximate surface area is 122 Å². The summed E-state index contributed by atoms with van der Waals surface area (Å²) in [5.41, 5.74) is 4.01. The van der Waals surface area contributed by atoms with Crippen molar-refractivity contribution in [1.29, 1.82) is 0 Å². The topological polar surface area (TPSA) is 14.2 Å². The molecule has 3 heteroatoms. The number of ether oxygens (including phenoxy) is 1. The highest BCUT2D eigenvalue weighted by Crippen LogP contribution is 2.40. The van der Waals surface area contributed by atoms with E-state index in [9.17, 15) is 0 Å². The van der Waals surface area contributed by atoms with Crippen LogP contribution in [0.3, 0.4) is 0 Å². The van der Waals surface area contributed by atoms with E-state index in [1.807, 2.05) is 0 Å². The van der Waals surface area contributed by atoms with Crippen molar-refractivity contribution in [2.24, 2.45) is 0 Å². The average molecular weight is 283 g/mol. The summed E-state index contributed by atoms with van der Waals surface area (Å²) in [6, 6.07) is 12.9. The van der Waals surface area contributed by atoms with Crippen LogP contribution in [0, 0.1) is 6.92 Å². The number of thiophene rings is 1. The van der Waals surface area contributed by atoms with E-state index in [1.54, 1.807) is 11.3 Å². The van der Waals surface area contributed by atoms with E-state index in [0.29, 0.717) is 0 Å². The summed E-state index contributed by atoms with van der Waals surface area (Å²) in [6.45, 7) is 5.31. The van der Waals surface area contributed by atoms with Gasteiger partial charge < -0.3 is 9.30 Å². The lowest BCUT2D eigenvalue weighted by atomic mass is 10.1. The quantitative estimate of drug-likeness (QED) is 0.640. The van der Waals surface area contributed by atoms with Crippen LogP contribution in [0.25, 0.3) is 10.9 Å². The molecular formula is C17H17NOS. The maximum atomic E-state index is 6.26. The van der Waals surface area contributed by atoms with Crippen LogP contribution in [-0.4, -0.2) is 10.7 Å². The second-order valence-electron chi connectivity index (χ2n) is 5.48. The molecule has 1 aliphatic rings. The van der Waals surface area contributed by atoms with Gasteiger partial charge in [-0.1, -0.05) is 24.3 Å². The number of hydrogen-bond donors (Lipinski definition) is 0. The molecule has 2 aromatic heterocycles. The number of nitrogens with zero attached hydrogens (tertiary/aromatic N) is 1. The first-order valence-corrected chi connectivity index (χ1v) is 7.90. The molecule has 0 aliphatic carbocycles. The molecule has 2 nitrogen and oxygen atoms in total. The van der Waals surface area contributed by atoms with Gasteiger partial charge in [0.25, 0.3) is 0 Å². The highest BCUT2D eigenvalue weighted by Gasteiger charge is 2.31. The molecule has 3 heterocycles. The van der Waals surface area contributed by atoms with Gasteiger partial charge in [-0.2, -0.15) is 0 Å². The van der Waals surface area contributed by atoms with Crippen molar-refractivity contribution < 1.29 is 4.74 Å². The molecule has 0 saturated heterocycles. The van der Waals surface area contributed by atoms with Gasteiger partial charge in [0.2, 0.25) is 0 Å². The number of fused-ring (bicyclic) bond motifs is 3. The van der Waals surface area contributed by atoms with Gasteiger partial charge in [0.15, 0.2) is 0 Å². The van der Waals surface area contributed by atoms with Crippen molar-refractivity contribution in [3.8, 4) is 0 Å². The predicted molar refractivity (Wildman–Crippen MR) is 83.4 cm³/mol. The van der Waals surface area contributed by atoms with E-state index >= 15 is 0 Å². The maximum Gasteiger partial charge on any atom is 0.132 e. The van der Waals surface area contributed by atoms with Crippen molar-refractivity contribution in [3.05, 3.63) is 57.9 Å².